The molecule has 158 valence electrons. The Hall–Kier alpha value is -2.73. The lowest BCUT2D eigenvalue weighted by atomic mass is 9.83. The van der Waals surface area contributed by atoms with Gasteiger partial charge in [-0.3, -0.25) is 9.59 Å². The third-order valence-corrected chi connectivity index (χ3v) is 6.13. The molecule has 2 heterocycles. The predicted molar refractivity (Wildman–Crippen MR) is 111 cm³/mol. The number of hydrogen-bond donors (Lipinski definition) is 0. The van der Waals surface area contributed by atoms with E-state index in [4.69, 9.17) is 4.74 Å². The smallest absolute Gasteiger partial charge is 0.257 e. The van der Waals surface area contributed by atoms with Gasteiger partial charge in [-0.2, -0.15) is 0 Å². The van der Waals surface area contributed by atoms with Crippen LogP contribution in [0.25, 0.3) is 0 Å². The quantitative estimate of drug-likeness (QED) is 0.779. The topological polar surface area (TPSA) is 49.9 Å². The number of nitrogens with zero attached hydrogens (tertiary/aromatic N) is 2. The molecule has 0 saturated carbocycles. The fourth-order valence-electron chi connectivity index (χ4n) is 4.56. The van der Waals surface area contributed by atoms with Crippen LogP contribution in [-0.4, -0.2) is 59.5 Å². The molecule has 2 fully saturated rings. The summed E-state index contributed by atoms with van der Waals surface area (Å²) in [5.74, 6) is -0.694. The summed E-state index contributed by atoms with van der Waals surface area (Å²) >= 11 is 0. The summed E-state index contributed by atoms with van der Waals surface area (Å²) in [6.07, 6.45) is 0.103. The number of amides is 2. The molecule has 2 aliphatic heterocycles. The molecule has 0 bridgehead atoms. The number of halogens is 1. The van der Waals surface area contributed by atoms with E-state index in [0.29, 0.717) is 25.3 Å². The number of ether oxygens (including phenoxy) is 1. The van der Waals surface area contributed by atoms with Gasteiger partial charge in [-0.05, 0) is 37.1 Å². The maximum absolute atomic E-state index is 13.5. The van der Waals surface area contributed by atoms with E-state index >= 15 is 0 Å². The van der Waals surface area contributed by atoms with Gasteiger partial charge in [0, 0.05) is 25.0 Å². The largest absolute Gasteiger partial charge is 0.361 e. The van der Waals surface area contributed by atoms with Crippen LogP contribution in [0.4, 0.5) is 4.39 Å². The van der Waals surface area contributed by atoms with Crippen molar-refractivity contribution >= 4 is 11.8 Å². The Labute approximate surface area is 176 Å². The van der Waals surface area contributed by atoms with E-state index in [-0.39, 0.29) is 42.6 Å². The molecule has 4 rings (SSSR count). The molecule has 5 nitrogen and oxygen atoms in total. The van der Waals surface area contributed by atoms with E-state index in [2.05, 4.69) is 0 Å². The molecule has 2 atom stereocenters. The van der Waals surface area contributed by atoms with Gasteiger partial charge in [-0.1, -0.05) is 42.5 Å². The SMILES string of the molecule is CC(C)N1C[C@H](c2ccccc2)[C@@]2(CN(C(=O)Cc3cccc(F)c3)CCO2)C1=O. The van der Waals surface area contributed by atoms with Crippen LogP contribution in [0.1, 0.15) is 30.9 Å². The maximum Gasteiger partial charge on any atom is 0.257 e. The molecule has 6 heteroatoms. The normalized spacial score (nSPS) is 24.1. The van der Waals surface area contributed by atoms with Gasteiger partial charge >= 0.3 is 0 Å². The van der Waals surface area contributed by atoms with Gasteiger partial charge in [-0.25, -0.2) is 4.39 Å². The zero-order valence-corrected chi connectivity index (χ0v) is 17.4. The van der Waals surface area contributed by atoms with Crippen LogP contribution in [-0.2, 0) is 20.7 Å². The average molecular weight is 410 g/mol. The number of morpholine rings is 1. The first-order valence-corrected chi connectivity index (χ1v) is 10.4. The van der Waals surface area contributed by atoms with Crippen molar-refractivity contribution in [3.63, 3.8) is 0 Å². The van der Waals surface area contributed by atoms with E-state index in [1.807, 2.05) is 49.1 Å². The highest BCUT2D eigenvalue weighted by atomic mass is 19.1. The standard InChI is InChI=1S/C24H27FN2O3/c1-17(2)27-15-21(19-8-4-3-5-9-19)24(23(27)29)16-26(11-12-30-24)22(28)14-18-7-6-10-20(25)13-18/h3-10,13,17,21H,11-12,14-16H2,1-2H3/t21-,24+/m1/s1. The van der Waals surface area contributed by atoms with Gasteiger partial charge in [-0.15, -0.1) is 0 Å². The van der Waals surface area contributed by atoms with Crippen LogP contribution in [0, 0.1) is 5.82 Å². The van der Waals surface area contributed by atoms with Gasteiger partial charge < -0.3 is 14.5 Å². The highest BCUT2D eigenvalue weighted by molar-refractivity contribution is 5.91. The molecule has 0 aromatic heterocycles. The molecule has 0 radical (unpaired) electrons. The first-order chi connectivity index (χ1) is 14.4. The minimum atomic E-state index is -1.08. The number of hydrogen-bond acceptors (Lipinski definition) is 3. The van der Waals surface area contributed by atoms with Crippen LogP contribution in [0.2, 0.25) is 0 Å². The number of likely N-dealkylation sites (tertiary alicyclic amines) is 1. The molecule has 0 aliphatic carbocycles. The number of carbonyl (C=O) groups is 2. The third-order valence-electron chi connectivity index (χ3n) is 6.13. The van der Waals surface area contributed by atoms with E-state index < -0.39 is 5.60 Å². The number of benzene rings is 2. The Kier molecular flexibility index (Phi) is 5.60. The minimum Gasteiger partial charge on any atom is -0.361 e. The van der Waals surface area contributed by atoms with Gasteiger partial charge in [0.05, 0.1) is 19.6 Å². The summed E-state index contributed by atoms with van der Waals surface area (Å²) in [6, 6.07) is 16.0. The van der Waals surface area contributed by atoms with Gasteiger partial charge in [0.15, 0.2) is 5.60 Å². The van der Waals surface area contributed by atoms with Crippen molar-refractivity contribution in [2.75, 3.05) is 26.2 Å². The van der Waals surface area contributed by atoms with Crippen molar-refractivity contribution in [3.05, 3.63) is 71.5 Å². The molecule has 2 aromatic rings. The predicted octanol–water partition coefficient (Wildman–Crippen LogP) is 3.00. The maximum atomic E-state index is 13.5. The van der Waals surface area contributed by atoms with E-state index in [9.17, 15) is 14.0 Å². The van der Waals surface area contributed by atoms with Crippen molar-refractivity contribution in [3.8, 4) is 0 Å². The summed E-state index contributed by atoms with van der Waals surface area (Å²) in [7, 11) is 0. The van der Waals surface area contributed by atoms with Crippen molar-refractivity contribution in [2.24, 2.45) is 0 Å². The molecular weight excluding hydrogens is 383 g/mol. The van der Waals surface area contributed by atoms with Crippen LogP contribution >= 0.6 is 0 Å². The molecule has 2 aromatic carbocycles. The summed E-state index contributed by atoms with van der Waals surface area (Å²) in [4.78, 5) is 30.0. The van der Waals surface area contributed by atoms with Crippen molar-refractivity contribution in [2.45, 2.75) is 37.8 Å². The lowest BCUT2D eigenvalue weighted by molar-refractivity contribution is -0.168. The zero-order chi connectivity index (χ0) is 21.3. The van der Waals surface area contributed by atoms with Crippen molar-refractivity contribution in [1.29, 1.82) is 0 Å². The molecule has 2 saturated heterocycles. The Bertz CT molecular complexity index is 933. The fraction of sp³-hybridized carbons (Fsp3) is 0.417. The molecule has 0 N–H and O–H groups in total. The van der Waals surface area contributed by atoms with Gasteiger partial charge in [0.2, 0.25) is 5.91 Å². The lowest BCUT2D eigenvalue weighted by Gasteiger charge is -2.42. The second kappa shape index (κ2) is 8.19. The second-order valence-corrected chi connectivity index (χ2v) is 8.37. The zero-order valence-electron chi connectivity index (χ0n) is 17.4. The molecule has 2 aliphatic rings. The fourth-order valence-corrected chi connectivity index (χ4v) is 4.56. The van der Waals surface area contributed by atoms with Crippen molar-refractivity contribution in [1.82, 2.24) is 9.80 Å². The highest BCUT2D eigenvalue weighted by Gasteiger charge is 2.58. The highest BCUT2D eigenvalue weighted by Crippen LogP contribution is 2.42. The molecular formula is C24H27FN2O3. The Balaban J connectivity index is 1.61. The molecule has 2 amide bonds. The lowest BCUT2D eigenvalue weighted by Crippen LogP contribution is -2.60. The number of carbonyl (C=O) groups excluding carboxylic acids is 2. The molecule has 1 spiro atoms. The monoisotopic (exact) mass is 410 g/mol. The minimum absolute atomic E-state index is 0.0464. The molecule has 30 heavy (non-hydrogen) atoms. The summed E-state index contributed by atoms with van der Waals surface area (Å²) in [6.45, 7) is 5.49. The Morgan fingerprint density at radius 3 is 2.67 bits per heavy atom. The Morgan fingerprint density at radius 2 is 1.97 bits per heavy atom. The van der Waals surface area contributed by atoms with E-state index in [1.165, 1.54) is 12.1 Å². The van der Waals surface area contributed by atoms with Crippen LogP contribution in [0.3, 0.4) is 0 Å². The Morgan fingerprint density at radius 1 is 1.20 bits per heavy atom. The third kappa shape index (κ3) is 3.72. The first kappa shape index (κ1) is 20.5. The summed E-state index contributed by atoms with van der Waals surface area (Å²) in [5, 5.41) is 0. The van der Waals surface area contributed by atoms with E-state index in [1.54, 1.807) is 17.0 Å². The molecule has 0 unspecified atom stereocenters. The summed E-state index contributed by atoms with van der Waals surface area (Å²) < 4.78 is 19.7. The number of rotatable bonds is 4. The first-order valence-electron chi connectivity index (χ1n) is 10.4. The van der Waals surface area contributed by atoms with Crippen LogP contribution < -0.4 is 0 Å². The van der Waals surface area contributed by atoms with Crippen molar-refractivity contribution < 1.29 is 18.7 Å². The van der Waals surface area contributed by atoms with Crippen LogP contribution in [0.5, 0.6) is 0 Å². The summed E-state index contributed by atoms with van der Waals surface area (Å²) in [5.41, 5.74) is 0.580. The van der Waals surface area contributed by atoms with Crippen LogP contribution in [0.15, 0.2) is 54.6 Å². The van der Waals surface area contributed by atoms with E-state index in [0.717, 1.165) is 5.56 Å². The average Bonchev–Trinajstić information content (AvgIpc) is 3.01. The second-order valence-electron chi connectivity index (χ2n) is 8.37. The van der Waals surface area contributed by atoms with Gasteiger partial charge in [0.25, 0.3) is 5.91 Å². The van der Waals surface area contributed by atoms with Gasteiger partial charge in [0.1, 0.15) is 5.82 Å².